The lowest BCUT2D eigenvalue weighted by atomic mass is 10.1. The molecule has 3 N–H and O–H groups in total. The molecule has 0 aliphatic heterocycles. The Kier molecular flexibility index (Phi) is 12.7. The minimum absolute atomic E-state index is 0.865. The molecule has 1 heterocycles. The zero-order valence-corrected chi connectivity index (χ0v) is 21.4. The van der Waals surface area contributed by atoms with Crippen LogP contribution >= 0.6 is 0 Å². The first-order valence-electron chi connectivity index (χ1n) is 12.8. The first-order valence-corrected chi connectivity index (χ1v) is 12.8. The maximum atomic E-state index is 4.27. The molecular weight excluding hydrogens is 406 g/mol. The lowest BCUT2D eigenvalue weighted by molar-refractivity contribution is 0.245. The summed E-state index contributed by atoms with van der Waals surface area (Å²) in [5.41, 5.74) is 8.14. The van der Waals surface area contributed by atoms with Crippen LogP contribution in [0.2, 0.25) is 0 Å². The highest BCUT2D eigenvalue weighted by atomic mass is 15.5. The number of hydrogen-bond acceptors (Lipinski definition) is 4. The molecule has 33 heavy (non-hydrogen) atoms. The summed E-state index contributed by atoms with van der Waals surface area (Å²) in [5, 5.41) is 10.4. The van der Waals surface area contributed by atoms with Crippen molar-refractivity contribution in [1.29, 1.82) is 0 Å². The van der Waals surface area contributed by atoms with E-state index in [0.717, 1.165) is 44.7 Å². The van der Waals surface area contributed by atoms with Gasteiger partial charge in [0, 0.05) is 55.7 Å². The molecule has 0 saturated carbocycles. The largest absolute Gasteiger partial charge is 0.389 e. The first kappa shape index (κ1) is 27.0. The standard InChI is InChI=1S/C28H47N5/c1-6-7-8-10-15-24(2)30-19-13-9-14-20-31-25(3)18-21-33-27(23-32(5)29-4)22-26-16-11-12-17-28(26)33/h11-12,16-17,22,29-31H,2-3,6-10,13-15,18-21,23H2,1,4-5H3. The molecule has 5 heteroatoms. The Hall–Kier alpha value is -2.24. The number of benzene rings is 1. The third-order valence-electron chi connectivity index (χ3n) is 6.25. The van der Waals surface area contributed by atoms with Gasteiger partial charge in [0.2, 0.25) is 0 Å². The second-order valence-corrected chi connectivity index (χ2v) is 9.11. The number of aryl methyl sites for hydroxylation is 1. The van der Waals surface area contributed by atoms with Gasteiger partial charge in [0.1, 0.15) is 0 Å². The van der Waals surface area contributed by atoms with Crippen molar-refractivity contribution in [3.63, 3.8) is 0 Å². The van der Waals surface area contributed by atoms with Gasteiger partial charge in [-0.3, -0.25) is 5.43 Å². The van der Waals surface area contributed by atoms with E-state index >= 15 is 0 Å². The molecule has 0 unspecified atom stereocenters. The van der Waals surface area contributed by atoms with Crippen LogP contribution in [0.3, 0.4) is 0 Å². The maximum absolute atomic E-state index is 4.27. The highest BCUT2D eigenvalue weighted by Gasteiger charge is 2.10. The van der Waals surface area contributed by atoms with E-state index in [4.69, 9.17) is 0 Å². The Labute approximate surface area is 202 Å². The number of hydrazine groups is 1. The Bertz CT molecular complexity index is 838. The van der Waals surface area contributed by atoms with Gasteiger partial charge in [-0.15, -0.1) is 0 Å². The van der Waals surface area contributed by atoms with Crippen molar-refractivity contribution >= 4 is 10.9 Å². The van der Waals surface area contributed by atoms with Crippen molar-refractivity contribution in [2.24, 2.45) is 0 Å². The van der Waals surface area contributed by atoms with Crippen LogP contribution in [-0.4, -0.2) is 36.8 Å². The van der Waals surface area contributed by atoms with Crippen molar-refractivity contribution in [3.05, 3.63) is 60.6 Å². The van der Waals surface area contributed by atoms with Gasteiger partial charge in [0.05, 0.1) is 6.54 Å². The highest BCUT2D eigenvalue weighted by Crippen LogP contribution is 2.21. The van der Waals surface area contributed by atoms with Crippen LogP contribution in [0.4, 0.5) is 0 Å². The second kappa shape index (κ2) is 15.6. The van der Waals surface area contributed by atoms with Crippen molar-refractivity contribution in [1.82, 2.24) is 25.6 Å². The van der Waals surface area contributed by atoms with E-state index in [2.05, 4.69) is 83.1 Å². The zero-order chi connectivity index (χ0) is 23.9. The fourth-order valence-corrected chi connectivity index (χ4v) is 4.13. The van der Waals surface area contributed by atoms with Gasteiger partial charge in [-0.2, -0.15) is 0 Å². The molecule has 184 valence electrons. The molecule has 0 aliphatic rings. The maximum Gasteiger partial charge on any atom is 0.0532 e. The molecule has 0 amide bonds. The highest BCUT2D eigenvalue weighted by molar-refractivity contribution is 5.81. The van der Waals surface area contributed by atoms with Gasteiger partial charge in [0.25, 0.3) is 0 Å². The van der Waals surface area contributed by atoms with E-state index in [1.54, 1.807) is 0 Å². The minimum atomic E-state index is 0.865. The Balaban J connectivity index is 1.63. The molecule has 0 aliphatic carbocycles. The zero-order valence-electron chi connectivity index (χ0n) is 21.4. The van der Waals surface area contributed by atoms with Crippen molar-refractivity contribution in [3.8, 4) is 0 Å². The number of nitrogens with one attached hydrogen (secondary N) is 3. The summed E-state index contributed by atoms with van der Waals surface area (Å²) in [7, 11) is 4.03. The predicted molar refractivity (Wildman–Crippen MR) is 144 cm³/mol. The molecule has 0 fully saturated rings. The van der Waals surface area contributed by atoms with Crippen molar-refractivity contribution in [2.75, 3.05) is 27.2 Å². The number of fused-ring (bicyclic) bond motifs is 1. The van der Waals surface area contributed by atoms with E-state index in [0.29, 0.717) is 0 Å². The van der Waals surface area contributed by atoms with Crippen LogP contribution in [0.5, 0.6) is 0 Å². The number of rotatable bonds is 19. The van der Waals surface area contributed by atoms with Crippen LogP contribution < -0.4 is 16.1 Å². The van der Waals surface area contributed by atoms with Crippen molar-refractivity contribution < 1.29 is 0 Å². The van der Waals surface area contributed by atoms with E-state index in [9.17, 15) is 0 Å². The number of allylic oxidation sites excluding steroid dienone is 2. The number of para-hydroxylation sites is 1. The minimum Gasteiger partial charge on any atom is -0.389 e. The fraction of sp³-hybridized carbons (Fsp3) is 0.571. The van der Waals surface area contributed by atoms with Crippen molar-refractivity contribution in [2.45, 2.75) is 77.8 Å². The van der Waals surface area contributed by atoms with Gasteiger partial charge < -0.3 is 15.2 Å². The molecule has 1 aromatic carbocycles. The van der Waals surface area contributed by atoms with Crippen LogP contribution in [0.1, 0.15) is 70.4 Å². The number of aromatic nitrogens is 1. The number of nitrogens with zero attached hydrogens (tertiary/aromatic N) is 2. The van der Waals surface area contributed by atoms with E-state index in [1.807, 2.05) is 7.05 Å². The van der Waals surface area contributed by atoms with Gasteiger partial charge >= 0.3 is 0 Å². The van der Waals surface area contributed by atoms with Gasteiger partial charge in [-0.1, -0.05) is 57.5 Å². The molecule has 0 radical (unpaired) electrons. The lowest BCUT2D eigenvalue weighted by Crippen LogP contribution is -2.31. The summed E-state index contributed by atoms with van der Waals surface area (Å²) in [6.45, 7) is 14.5. The molecule has 5 nitrogen and oxygen atoms in total. The van der Waals surface area contributed by atoms with Gasteiger partial charge in [-0.05, 0) is 56.7 Å². The summed E-state index contributed by atoms with van der Waals surface area (Å²) < 4.78 is 2.43. The Morgan fingerprint density at radius 3 is 2.27 bits per heavy atom. The van der Waals surface area contributed by atoms with Crippen LogP contribution in [-0.2, 0) is 13.1 Å². The molecule has 0 spiro atoms. The normalized spacial score (nSPS) is 11.3. The van der Waals surface area contributed by atoms with E-state index in [-0.39, 0.29) is 0 Å². The first-order chi connectivity index (χ1) is 16.0. The SMILES string of the molecule is C=C(CCCCCC)NCCCCCNC(=C)CCn1c(CN(C)NC)cc2ccccc21. The average Bonchev–Trinajstić information content (AvgIpc) is 3.16. The molecule has 2 rings (SSSR count). The lowest BCUT2D eigenvalue weighted by Gasteiger charge is -2.18. The third kappa shape index (κ3) is 10.1. The second-order valence-electron chi connectivity index (χ2n) is 9.11. The molecule has 0 atom stereocenters. The van der Waals surface area contributed by atoms with Gasteiger partial charge in [0.15, 0.2) is 0 Å². The Morgan fingerprint density at radius 1 is 0.909 bits per heavy atom. The van der Waals surface area contributed by atoms with E-state index in [1.165, 1.54) is 67.2 Å². The molecule has 2 aromatic rings. The predicted octanol–water partition coefficient (Wildman–Crippen LogP) is 5.94. The average molecular weight is 454 g/mol. The van der Waals surface area contributed by atoms with Gasteiger partial charge in [-0.25, -0.2) is 5.01 Å². The quantitative estimate of drug-likeness (QED) is 0.182. The summed E-state index contributed by atoms with van der Waals surface area (Å²) in [4.78, 5) is 0. The van der Waals surface area contributed by atoms with Crippen LogP contribution in [0, 0.1) is 0 Å². The summed E-state index contributed by atoms with van der Waals surface area (Å²) in [5.74, 6) is 0. The molecule has 1 aromatic heterocycles. The van der Waals surface area contributed by atoms with Crippen LogP contribution in [0.25, 0.3) is 10.9 Å². The van der Waals surface area contributed by atoms with E-state index < -0.39 is 0 Å². The number of hydrogen-bond donors (Lipinski definition) is 3. The topological polar surface area (TPSA) is 44.3 Å². The fourth-order valence-electron chi connectivity index (χ4n) is 4.13. The summed E-state index contributed by atoms with van der Waals surface area (Å²) >= 11 is 0. The smallest absolute Gasteiger partial charge is 0.0532 e. The third-order valence-corrected chi connectivity index (χ3v) is 6.25. The summed E-state index contributed by atoms with van der Waals surface area (Å²) in [6, 6.07) is 10.9. The monoisotopic (exact) mass is 453 g/mol. The summed E-state index contributed by atoms with van der Waals surface area (Å²) in [6.07, 6.45) is 10.9. The Morgan fingerprint density at radius 2 is 1.58 bits per heavy atom. The molecule has 0 bridgehead atoms. The number of unbranched alkanes of at least 4 members (excludes halogenated alkanes) is 5. The molecular formula is C28H47N5. The molecule has 0 saturated heterocycles. The van der Waals surface area contributed by atoms with Crippen LogP contribution in [0.15, 0.2) is 54.9 Å².